The van der Waals surface area contributed by atoms with Crippen LogP contribution in [0, 0.1) is 0 Å². The van der Waals surface area contributed by atoms with E-state index in [1.54, 1.807) is 10.3 Å². The minimum Gasteiger partial charge on any atom is -0.412 e. The van der Waals surface area contributed by atoms with Crippen molar-refractivity contribution in [2.24, 2.45) is 0 Å². The van der Waals surface area contributed by atoms with Crippen LogP contribution in [-0.4, -0.2) is 48.6 Å². The Morgan fingerprint density at radius 1 is 1.15 bits per heavy atom. The van der Waals surface area contributed by atoms with Crippen molar-refractivity contribution < 1.29 is 17.6 Å². The number of likely N-dealkylation sites (tertiary alicyclic amines) is 1. The number of hydrogen-bond donors (Lipinski definition) is 1. The van der Waals surface area contributed by atoms with Crippen LogP contribution in [0.4, 0.5) is 0 Å². The molecule has 2 aromatic rings. The number of amides is 1. The molecule has 1 aliphatic carbocycles. The number of nitrogens with one attached hydrogen (secondary N) is 1. The molecule has 0 bridgehead atoms. The number of carbonyl (C=O) groups excluding carboxylic acids is 1. The molecule has 1 amide bonds. The van der Waals surface area contributed by atoms with Crippen LogP contribution < -0.4 is 4.72 Å². The second kappa shape index (κ2) is 7.69. The molecule has 0 spiro atoms. The maximum atomic E-state index is 12.6. The highest BCUT2D eigenvalue weighted by Crippen LogP contribution is 2.29. The molecule has 0 aromatic carbocycles. The third-order valence-corrected chi connectivity index (χ3v) is 7.98. The molecule has 1 N–H and O–H groups in total. The van der Waals surface area contributed by atoms with Crippen LogP contribution in [0.1, 0.15) is 55.6 Å². The molecule has 3 heterocycles. The van der Waals surface area contributed by atoms with Crippen molar-refractivity contribution in [3.05, 3.63) is 17.3 Å². The number of nitrogens with zero attached hydrogens (tertiary/aromatic N) is 3. The Kier molecular flexibility index (Phi) is 5.29. The first kappa shape index (κ1) is 18.6. The fourth-order valence-electron chi connectivity index (χ4n) is 3.55. The zero-order valence-corrected chi connectivity index (χ0v) is 16.5. The van der Waals surface area contributed by atoms with E-state index in [-0.39, 0.29) is 27.9 Å². The minimum absolute atomic E-state index is 0.00221. The van der Waals surface area contributed by atoms with Gasteiger partial charge >= 0.3 is 11.8 Å². The van der Waals surface area contributed by atoms with Gasteiger partial charge in [0.1, 0.15) is 4.21 Å². The average Bonchev–Trinajstić information content (AvgIpc) is 3.42. The monoisotopic (exact) mass is 410 g/mol. The first-order valence-corrected chi connectivity index (χ1v) is 11.6. The van der Waals surface area contributed by atoms with E-state index in [1.165, 1.54) is 6.07 Å². The topological polar surface area (TPSA) is 105 Å². The van der Waals surface area contributed by atoms with Gasteiger partial charge < -0.3 is 9.32 Å². The summed E-state index contributed by atoms with van der Waals surface area (Å²) >= 11 is 1.11. The summed E-state index contributed by atoms with van der Waals surface area (Å²) in [4.78, 5) is 14.0. The predicted molar refractivity (Wildman–Crippen MR) is 99.9 cm³/mol. The number of hydrogen-bond acceptors (Lipinski definition) is 7. The first-order valence-electron chi connectivity index (χ1n) is 9.27. The normalized spacial score (nSPS) is 18.9. The van der Waals surface area contributed by atoms with Gasteiger partial charge in [0.15, 0.2) is 0 Å². The van der Waals surface area contributed by atoms with Gasteiger partial charge in [-0.1, -0.05) is 19.3 Å². The molecule has 0 unspecified atom stereocenters. The molecular weight excluding hydrogens is 388 g/mol. The molecule has 2 fully saturated rings. The van der Waals surface area contributed by atoms with Crippen LogP contribution >= 0.6 is 11.3 Å². The quantitative estimate of drug-likeness (QED) is 0.812. The van der Waals surface area contributed by atoms with E-state index in [9.17, 15) is 13.2 Å². The summed E-state index contributed by atoms with van der Waals surface area (Å²) in [6, 6.07) is 1.52. The van der Waals surface area contributed by atoms with E-state index in [0.717, 1.165) is 56.3 Å². The van der Waals surface area contributed by atoms with E-state index >= 15 is 0 Å². The molecule has 0 atom stereocenters. The van der Waals surface area contributed by atoms with Gasteiger partial charge in [-0.3, -0.25) is 4.79 Å². The largest absolute Gasteiger partial charge is 0.412 e. The molecule has 0 radical (unpaired) electrons. The number of carbonyl (C=O) groups is 1. The lowest BCUT2D eigenvalue weighted by Crippen LogP contribution is -2.35. The van der Waals surface area contributed by atoms with E-state index < -0.39 is 10.0 Å². The summed E-state index contributed by atoms with van der Waals surface area (Å²) in [5, 5.41) is 9.41. The molecule has 8 nitrogen and oxygen atoms in total. The van der Waals surface area contributed by atoms with Crippen molar-refractivity contribution in [2.45, 2.75) is 55.2 Å². The predicted octanol–water partition coefficient (Wildman–Crippen LogP) is 2.65. The number of thiophene rings is 1. The Labute approximate surface area is 162 Å². The van der Waals surface area contributed by atoms with Crippen LogP contribution in [0.5, 0.6) is 0 Å². The summed E-state index contributed by atoms with van der Waals surface area (Å²) in [7, 11) is -3.57. The maximum absolute atomic E-state index is 12.6. The summed E-state index contributed by atoms with van der Waals surface area (Å²) in [6.07, 6.45) is 6.99. The van der Waals surface area contributed by atoms with Gasteiger partial charge in [-0.05, 0) is 31.7 Å². The van der Waals surface area contributed by atoms with Crippen molar-refractivity contribution in [1.29, 1.82) is 0 Å². The minimum atomic E-state index is -3.57. The Morgan fingerprint density at radius 3 is 2.63 bits per heavy atom. The molecule has 10 heteroatoms. The van der Waals surface area contributed by atoms with E-state index in [0.29, 0.717) is 18.7 Å². The Hall–Kier alpha value is -1.78. The van der Waals surface area contributed by atoms with Crippen LogP contribution in [0.25, 0.3) is 11.5 Å². The summed E-state index contributed by atoms with van der Waals surface area (Å²) in [5.74, 6) is -0.163. The highest BCUT2D eigenvalue weighted by atomic mass is 32.2. The zero-order valence-electron chi connectivity index (χ0n) is 14.9. The highest BCUT2D eigenvalue weighted by Gasteiger charge is 2.27. The van der Waals surface area contributed by atoms with Crippen molar-refractivity contribution in [2.75, 3.05) is 13.1 Å². The maximum Gasteiger partial charge on any atom is 0.311 e. The second-order valence-electron chi connectivity index (χ2n) is 7.02. The van der Waals surface area contributed by atoms with Gasteiger partial charge in [0, 0.05) is 24.5 Å². The molecule has 2 aliphatic rings. The molecular formula is C17H22N4O4S2. The van der Waals surface area contributed by atoms with E-state index in [2.05, 4.69) is 14.9 Å². The fraction of sp³-hybridized carbons (Fsp3) is 0.588. The van der Waals surface area contributed by atoms with Gasteiger partial charge in [0.05, 0.1) is 5.56 Å². The van der Waals surface area contributed by atoms with Gasteiger partial charge in [0.2, 0.25) is 15.9 Å². The lowest BCUT2D eigenvalue weighted by atomic mass is 9.96. The van der Waals surface area contributed by atoms with Gasteiger partial charge in [-0.15, -0.1) is 21.5 Å². The highest BCUT2D eigenvalue weighted by molar-refractivity contribution is 7.91. The molecule has 1 saturated heterocycles. The molecule has 27 heavy (non-hydrogen) atoms. The third-order valence-electron chi connectivity index (χ3n) is 5.02. The summed E-state index contributed by atoms with van der Waals surface area (Å²) in [5.41, 5.74) is 0.511. The SMILES string of the molecule is O=C(c1nnc(-c2csc(S(=O)(=O)NC3CCCCC3)c2)o1)N1CCCC1. The van der Waals surface area contributed by atoms with Crippen molar-refractivity contribution in [3.63, 3.8) is 0 Å². The third kappa shape index (κ3) is 4.07. The number of sulfonamides is 1. The summed E-state index contributed by atoms with van der Waals surface area (Å²) < 4.78 is 33.7. The van der Waals surface area contributed by atoms with E-state index in [1.807, 2.05) is 0 Å². The smallest absolute Gasteiger partial charge is 0.311 e. The van der Waals surface area contributed by atoms with Gasteiger partial charge in [0.25, 0.3) is 0 Å². The lowest BCUT2D eigenvalue weighted by Gasteiger charge is -2.22. The Balaban J connectivity index is 1.48. The summed E-state index contributed by atoms with van der Waals surface area (Å²) in [6.45, 7) is 1.40. The zero-order chi connectivity index (χ0) is 18.9. The van der Waals surface area contributed by atoms with Gasteiger partial charge in [-0.2, -0.15) is 0 Å². The van der Waals surface area contributed by atoms with Crippen LogP contribution in [0.2, 0.25) is 0 Å². The standard InChI is InChI=1S/C17H22N4O4S2/c22-17(21-8-4-5-9-21)16-19-18-15(25-16)12-10-14(26-11-12)27(23,24)20-13-6-2-1-3-7-13/h10-11,13,20H,1-9H2. The van der Waals surface area contributed by atoms with E-state index in [4.69, 9.17) is 4.42 Å². The lowest BCUT2D eigenvalue weighted by molar-refractivity contribution is 0.0754. The fourth-order valence-corrected chi connectivity index (χ4v) is 6.02. The average molecular weight is 411 g/mol. The van der Waals surface area contributed by atoms with Crippen LogP contribution in [0.3, 0.4) is 0 Å². The number of aromatic nitrogens is 2. The molecule has 4 rings (SSSR count). The Bertz CT molecular complexity index is 909. The molecule has 1 saturated carbocycles. The first-order chi connectivity index (χ1) is 13.0. The number of rotatable bonds is 5. The van der Waals surface area contributed by atoms with Crippen molar-refractivity contribution in [1.82, 2.24) is 19.8 Å². The van der Waals surface area contributed by atoms with Crippen LogP contribution in [-0.2, 0) is 10.0 Å². The molecule has 1 aliphatic heterocycles. The van der Waals surface area contributed by atoms with Crippen molar-refractivity contribution in [3.8, 4) is 11.5 Å². The second-order valence-corrected chi connectivity index (χ2v) is 9.87. The van der Waals surface area contributed by atoms with Crippen LogP contribution in [0.15, 0.2) is 20.1 Å². The van der Waals surface area contributed by atoms with Crippen molar-refractivity contribution >= 4 is 27.3 Å². The Morgan fingerprint density at radius 2 is 1.89 bits per heavy atom. The molecule has 2 aromatic heterocycles. The van der Waals surface area contributed by atoms with Gasteiger partial charge in [-0.25, -0.2) is 13.1 Å². The molecule has 146 valence electrons.